The Hall–Kier alpha value is -3.50. The molecule has 1 aliphatic rings. The Labute approximate surface area is 192 Å². The maximum atomic E-state index is 12.7. The number of aromatic nitrogens is 2. The van der Waals surface area contributed by atoms with Crippen LogP contribution < -0.4 is 15.8 Å². The predicted octanol–water partition coefficient (Wildman–Crippen LogP) is 1.32. The molecule has 2 aromatic heterocycles. The number of H-pyrrole nitrogens is 1. The summed E-state index contributed by atoms with van der Waals surface area (Å²) in [6.07, 6.45) is 1.71. The second-order valence-corrected chi connectivity index (χ2v) is 9.72. The van der Waals surface area contributed by atoms with Gasteiger partial charge in [-0.25, -0.2) is 13.4 Å². The van der Waals surface area contributed by atoms with Gasteiger partial charge in [-0.3, -0.25) is 9.59 Å². The molecule has 1 aromatic carbocycles. The van der Waals surface area contributed by atoms with Crippen LogP contribution in [0.15, 0.2) is 71.7 Å². The molecular formula is C23H25N5O4S. The number of rotatable bonds is 7. The Kier molecular flexibility index (Phi) is 6.85. The lowest BCUT2D eigenvalue weighted by Gasteiger charge is -2.34. The van der Waals surface area contributed by atoms with Gasteiger partial charge in [0.15, 0.2) is 0 Å². The Morgan fingerprint density at radius 2 is 1.70 bits per heavy atom. The van der Waals surface area contributed by atoms with E-state index in [-0.39, 0.29) is 17.9 Å². The van der Waals surface area contributed by atoms with Crippen molar-refractivity contribution in [2.75, 3.05) is 43.4 Å². The van der Waals surface area contributed by atoms with E-state index in [0.717, 1.165) is 11.4 Å². The number of anilines is 1. The number of hydrogen-bond donors (Lipinski definition) is 2. The predicted molar refractivity (Wildman–Crippen MR) is 127 cm³/mol. The van der Waals surface area contributed by atoms with E-state index >= 15 is 0 Å². The van der Waals surface area contributed by atoms with Crippen molar-refractivity contribution in [2.45, 2.75) is 0 Å². The van der Waals surface area contributed by atoms with E-state index in [1.54, 1.807) is 12.3 Å². The molecule has 0 spiro atoms. The molecule has 33 heavy (non-hydrogen) atoms. The summed E-state index contributed by atoms with van der Waals surface area (Å²) in [4.78, 5) is 33.8. The highest BCUT2D eigenvalue weighted by Gasteiger charge is 2.27. The second kappa shape index (κ2) is 9.97. The van der Waals surface area contributed by atoms with Crippen LogP contribution in [0.25, 0.3) is 11.3 Å². The zero-order valence-corrected chi connectivity index (χ0v) is 18.8. The van der Waals surface area contributed by atoms with Crippen molar-refractivity contribution >= 4 is 21.7 Å². The van der Waals surface area contributed by atoms with E-state index in [1.165, 1.54) is 10.4 Å². The van der Waals surface area contributed by atoms with Crippen LogP contribution in [0.3, 0.4) is 0 Å². The lowest BCUT2D eigenvalue weighted by Crippen LogP contribution is -2.50. The molecule has 10 heteroatoms. The SMILES string of the molecule is O=C(NCCS(=O)(=O)N1CCN(c2ccccn2)CC1)c1ccc(-c2ccccc2)[nH]c1=O. The minimum absolute atomic E-state index is 0.0592. The topological polar surface area (TPSA) is 115 Å². The number of nitrogens with one attached hydrogen (secondary N) is 2. The normalized spacial score (nSPS) is 14.7. The molecule has 0 saturated carbocycles. The largest absolute Gasteiger partial charge is 0.354 e. The van der Waals surface area contributed by atoms with Gasteiger partial charge >= 0.3 is 0 Å². The number of sulfonamides is 1. The van der Waals surface area contributed by atoms with Gasteiger partial charge in [-0.1, -0.05) is 36.4 Å². The van der Waals surface area contributed by atoms with Crippen LogP contribution in [0, 0.1) is 0 Å². The molecule has 1 amide bonds. The molecule has 1 saturated heterocycles. The number of piperazine rings is 1. The van der Waals surface area contributed by atoms with Gasteiger partial charge in [0.2, 0.25) is 10.0 Å². The number of carbonyl (C=O) groups is 1. The van der Waals surface area contributed by atoms with Crippen molar-refractivity contribution < 1.29 is 13.2 Å². The molecule has 0 radical (unpaired) electrons. The molecule has 3 aromatic rings. The van der Waals surface area contributed by atoms with Gasteiger partial charge < -0.3 is 15.2 Å². The first-order valence-electron chi connectivity index (χ1n) is 10.6. The first kappa shape index (κ1) is 22.7. The van der Waals surface area contributed by atoms with Crippen molar-refractivity contribution in [1.29, 1.82) is 0 Å². The minimum atomic E-state index is -3.53. The summed E-state index contributed by atoms with van der Waals surface area (Å²) in [7, 11) is -3.53. The number of carbonyl (C=O) groups excluding carboxylic acids is 1. The van der Waals surface area contributed by atoms with Gasteiger partial charge in [-0.15, -0.1) is 0 Å². The van der Waals surface area contributed by atoms with Gasteiger partial charge in [0.25, 0.3) is 11.5 Å². The average molecular weight is 468 g/mol. The van der Waals surface area contributed by atoms with Crippen molar-refractivity contribution in [3.8, 4) is 11.3 Å². The van der Waals surface area contributed by atoms with Crippen LogP contribution in [0.1, 0.15) is 10.4 Å². The quantitative estimate of drug-likeness (QED) is 0.542. The van der Waals surface area contributed by atoms with Crippen LogP contribution in [0.5, 0.6) is 0 Å². The van der Waals surface area contributed by atoms with Crippen LogP contribution in [-0.2, 0) is 10.0 Å². The van der Waals surface area contributed by atoms with Gasteiger partial charge in [0, 0.05) is 44.6 Å². The van der Waals surface area contributed by atoms with Crippen LogP contribution in [-0.4, -0.2) is 67.1 Å². The molecule has 4 rings (SSSR count). The van der Waals surface area contributed by atoms with Crippen molar-refractivity contribution in [3.63, 3.8) is 0 Å². The second-order valence-electron chi connectivity index (χ2n) is 7.63. The van der Waals surface area contributed by atoms with E-state index < -0.39 is 21.5 Å². The molecule has 0 bridgehead atoms. The van der Waals surface area contributed by atoms with E-state index in [0.29, 0.717) is 31.9 Å². The first-order valence-corrected chi connectivity index (χ1v) is 12.3. The number of amides is 1. The highest BCUT2D eigenvalue weighted by molar-refractivity contribution is 7.89. The number of hydrogen-bond acceptors (Lipinski definition) is 6. The molecular weight excluding hydrogens is 442 g/mol. The zero-order chi connectivity index (χ0) is 23.3. The van der Waals surface area contributed by atoms with Gasteiger partial charge in [0.1, 0.15) is 11.4 Å². The molecule has 172 valence electrons. The van der Waals surface area contributed by atoms with Crippen molar-refractivity contribution in [2.24, 2.45) is 0 Å². The highest BCUT2D eigenvalue weighted by Crippen LogP contribution is 2.16. The van der Waals surface area contributed by atoms with Crippen LogP contribution >= 0.6 is 0 Å². The van der Waals surface area contributed by atoms with Gasteiger partial charge in [0.05, 0.1) is 5.75 Å². The molecule has 0 aliphatic carbocycles. The smallest absolute Gasteiger partial charge is 0.261 e. The first-order chi connectivity index (χ1) is 15.9. The number of benzene rings is 1. The summed E-state index contributed by atoms with van der Waals surface area (Å²) in [5.74, 6) is -0.0150. The average Bonchev–Trinajstić information content (AvgIpc) is 2.85. The van der Waals surface area contributed by atoms with E-state index in [4.69, 9.17) is 0 Å². The van der Waals surface area contributed by atoms with Crippen LogP contribution in [0.2, 0.25) is 0 Å². The molecule has 3 heterocycles. The number of aromatic amines is 1. The minimum Gasteiger partial charge on any atom is -0.354 e. The highest BCUT2D eigenvalue weighted by atomic mass is 32.2. The van der Waals surface area contributed by atoms with Crippen LogP contribution in [0.4, 0.5) is 5.82 Å². The van der Waals surface area contributed by atoms with E-state index in [1.807, 2.05) is 53.4 Å². The third-order valence-electron chi connectivity index (χ3n) is 5.49. The summed E-state index contributed by atoms with van der Waals surface area (Å²) in [5.41, 5.74) is 0.846. The zero-order valence-electron chi connectivity index (χ0n) is 18.0. The fraction of sp³-hybridized carbons (Fsp3) is 0.261. The lowest BCUT2D eigenvalue weighted by atomic mass is 10.1. The third-order valence-corrected chi connectivity index (χ3v) is 7.36. The van der Waals surface area contributed by atoms with Gasteiger partial charge in [-0.05, 0) is 29.8 Å². The maximum absolute atomic E-state index is 12.7. The summed E-state index contributed by atoms with van der Waals surface area (Å²) in [6.45, 7) is 1.72. The molecule has 2 N–H and O–H groups in total. The number of nitrogens with zero attached hydrogens (tertiary/aromatic N) is 3. The Bertz CT molecular complexity index is 1250. The Morgan fingerprint density at radius 1 is 0.970 bits per heavy atom. The lowest BCUT2D eigenvalue weighted by molar-refractivity contribution is 0.0954. The standard InChI is InChI=1S/C23H25N5O4S/c29-22(19-9-10-20(26-23(19)30)18-6-2-1-3-7-18)25-12-17-33(31,32)28-15-13-27(14-16-28)21-8-4-5-11-24-21/h1-11H,12-17H2,(H,25,29)(H,26,30). The molecule has 9 nitrogen and oxygen atoms in total. The van der Waals surface area contributed by atoms with Crippen molar-refractivity contribution in [3.05, 3.63) is 82.8 Å². The molecule has 0 atom stereocenters. The van der Waals surface area contributed by atoms with Gasteiger partial charge in [-0.2, -0.15) is 4.31 Å². The monoisotopic (exact) mass is 467 g/mol. The van der Waals surface area contributed by atoms with Crippen molar-refractivity contribution in [1.82, 2.24) is 19.6 Å². The summed E-state index contributed by atoms with van der Waals surface area (Å²) < 4.78 is 26.8. The third kappa shape index (κ3) is 5.47. The fourth-order valence-corrected chi connectivity index (χ4v) is 5.03. The Morgan fingerprint density at radius 3 is 2.36 bits per heavy atom. The summed E-state index contributed by atoms with van der Waals surface area (Å²) in [6, 6.07) is 18.0. The Balaban J connectivity index is 1.30. The van der Waals surface area contributed by atoms with E-state index in [9.17, 15) is 18.0 Å². The molecule has 0 unspecified atom stereocenters. The molecule has 1 aliphatic heterocycles. The summed E-state index contributed by atoms with van der Waals surface area (Å²) in [5, 5.41) is 2.54. The fourth-order valence-electron chi connectivity index (χ4n) is 3.69. The van der Waals surface area contributed by atoms with E-state index in [2.05, 4.69) is 15.3 Å². The molecule has 1 fully saturated rings. The maximum Gasteiger partial charge on any atom is 0.261 e. The summed E-state index contributed by atoms with van der Waals surface area (Å²) >= 11 is 0. The number of pyridine rings is 2.